The second-order valence-electron chi connectivity index (χ2n) is 8.64. The van der Waals surface area contributed by atoms with Gasteiger partial charge in [-0.15, -0.1) is 0 Å². The Hall–Kier alpha value is -4.69. The summed E-state index contributed by atoms with van der Waals surface area (Å²) < 4.78 is 44.2. The van der Waals surface area contributed by atoms with E-state index in [0.717, 1.165) is 0 Å². The third-order valence-electron chi connectivity index (χ3n) is 6.18. The van der Waals surface area contributed by atoms with Gasteiger partial charge in [-0.25, -0.2) is 24.8 Å². The molecule has 0 unspecified atom stereocenters. The number of carbonyl (C=O) groups excluding carboxylic acids is 3. The molecule has 1 saturated heterocycles. The average molecular weight is 566 g/mol. The van der Waals surface area contributed by atoms with Gasteiger partial charge in [0.2, 0.25) is 0 Å². The zero-order valence-corrected chi connectivity index (χ0v) is 21.4. The zero-order valence-electron chi connectivity index (χ0n) is 21.4. The van der Waals surface area contributed by atoms with Crippen LogP contribution in [0.25, 0.3) is 5.70 Å². The van der Waals surface area contributed by atoms with Crippen LogP contribution in [0.1, 0.15) is 32.3 Å². The van der Waals surface area contributed by atoms with E-state index in [-0.39, 0.29) is 31.0 Å². The number of aliphatic carboxylic acids is 1. The van der Waals surface area contributed by atoms with Crippen LogP contribution in [0.4, 0.5) is 18.9 Å². The topological polar surface area (TPSA) is 163 Å². The van der Waals surface area contributed by atoms with Crippen LogP contribution in [0.2, 0.25) is 0 Å². The van der Waals surface area contributed by atoms with Crippen molar-refractivity contribution < 1.29 is 51.6 Å². The fourth-order valence-electron chi connectivity index (χ4n) is 4.62. The summed E-state index contributed by atoms with van der Waals surface area (Å²) in [6.45, 7) is 7.44. The molecule has 0 aliphatic carbocycles. The van der Waals surface area contributed by atoms with Crippen LogP contribution in [0.3, 0.4) is 0 Å². The maximum Gasteiger partial charge on any atom is 0.430 e. The summed E-state index contributed by atoms with van der Waals surface area (Å²) in [5.41, 5.74) is 2.72. The second-order valence-corrected chi connectivity index (χ2v) is 8.64. The molecule has 0 spiro atoms. The number of nitro benzene ring substituents is 1. The predicted molar refractivity (Wildman–Crippen MR) is 130 cm³/mol. The largest absolute Gasteiger partial charge is 0.542 e. The quantitative estimate of drug-likeness (QED) is 0.162. The number of allylic oxidation sites excluding steroid dienone is 1. The lowest BCUT2D eigenvalue weighted by molar-refractivity contribution is -0.566. The van der Waals surface area contributed by atoms with Crippen molar-refractivity contribution in [3.05, 3.63) is 69.4 Å². The molecule has 12 nitrogen and oxygen atoms in total. The molecule has 1 fully saturated rings. The molecule has 0 amide bonds. The first-order chi connectivity index (χ1) is 18.8. The summed E-state index contributed by atoms with van der Waals surface area (Å²) >= 11 is 0. The number of guanidine groups is 1. The van der Waals surface area contributed by atoms with E-state index in [1.165, 1.54) is 18.2 Å². The molecule has 3 aliphatic heterocycles. The minimum atomic E-state index is -5.19. The van der Waals surface area contributed by atoms with Crippen molar-refractivity contribution >= 4 is 35.3 Å². The number of hydrogen-bond donors (Lipinski definition) is 2. The number of hydrogen-bond acceptors (Lipinski definition) is 10. The van der Waals surface area contributed by atoms with Gasteiger partial charge in [0.15, 0.2) is 0 Å². The standard InChI is InChI=1S/C23H24N4O6.C2HF3O2/c1-4-12-33-21(28)18-13(3)24-23-25-20(14-6-8-15(9-7-14)27(30)31)19(22(29)32-5-2)17-11-10-16(18)26(17)23;3-2(4,5)1(6)7/h4,6-9,16-17H,1,5,10-12H2,2-3H3,(H,24,25,28,29);(H,6,7)/t16-,17-;/m1./s1. The van der Waals surface area contributed by atoms with E-state index in [0.29, 0.717) is 46.9 Å². The minimum absolute atomic E-state index is 0.0414. The highest BCUT2D eigenvalue weighted by Gasteiger charge is 2.51. The van der Waals surface area contributed by atoms with Crippen molar-refractivity contribution in [3.8, 4) is 0 Å². The van der Waals surface area contributed by atoms with Crippen LogP contribution >= 0.6 is 0 Å². The van der Waals surface area contributed by atoms with E-state index in [4.69, 9.17) is 19.4 Å². The van der Waals surface area contributed by atoms with Crippen LogP contribution in [0.15, 0.2) is 53.8 Å². The van der Waals surface area contributed by atoms with Crippen LogP contribution in [0.5, 0.6) is 0 Å². The van der Waals surface area contributed by atoms with Gasteiger partial charge in [0.25, 0.3) is 5.69 Å². The molecule has 3 heterocycles. The molecular formula is C25H25F3N4O8. The number of carboxylic acids is 1. The molecule has 1 aromatic carbocycles. The maximum atomic E-state index is 13.0. The number of nitro groups is 1. The molecule has 15 heteroatoms. The Morgan fingerprint density at radius 2 is 1.65 bits per heavy atom. The van der Waals surface area contributed by atoms with Crippen LogP contribution in [-0.2, 0) is 23.9 Å². The number of carbonyl (C=O) groups is 3. The third-order valence-corrected chi connectivity index (χ3v) is 6.18. The van der Waals surface area contributed by atoms with Gasteiger partial charge >= 0.3 is 24.1 Å². The summed E-state index contributed by atoms with van der Waals surface area (Å²) in [4.78, 5) is 45.2. The summed E-state index contributed by atoms with van der Waals surface area (Å²) in [6, 6.07) is 5.40. The number of halogens is 3. The van der Waals surface area contributed by atoms with Crippen molar-refractivity contribution in [2.75, 3.05) is 13.2 Å². The van der Waals surface area contributed by atoms with Gasteiger partial charge in [-0.2, -0.15) is 13.2 Å². The molecule has 2 atom stereocenters. The normalized spacial score (nSPS) is 19.4. The first kappa shape index (κ1) is 29.9. The Kier molecular flexibility index (Phi) is 8.96. The second kappa shape index (κ2) is 12.0. The van der Waals surface area contributed by atoms with E-state index >= 15 is 0 Å². The number of benzene rings is 1. The molecular weight excluding hydrogens is 541 g/mol. The number of nitrogens with one attached hydrogen (secondary N) is 2. The Labute approximate surface area is 225 Å². The number of non-ortho nitro benzene ring substituents is 1. The molecule has 4 rings (SSSR count). The summed E-state index contributed by atoms with van der Waals surface area (Å²) in [5.74, 6) is -3.26. The van der Waals surface area contributed by atoms with E-state index in [1.54, 1.807) is 26.0 Å². The molecule has 0 radical (unpaired) electrons. The summed E-state index contributed by atoms with van der Waals surface area (Å²) in [6.07, 6.45) is -2.42. The Morgan fingerprint density at radius 1 is 1.10 bits per heavy atom. The van der Waals surface area contributed by atoms with Crippen LogP contribution in [0, 0.1) is 10.1 Å². The zero-order chi connectivity index (χ0) is 29.8. The minimum Gasteiger partial charge on any atom is -0.542 e. The molecule has 214 valence electrons. The molecule has 1 aromatic rings. The van der Waals surface area contributed by atoms with E-state index in [2.05, 4.69) is 17.2 Å². The summed E-state index contributed by atoms with van der Waals surface area (Å²) in [5, 5.41) is 26.4. The van der Waals surface area contributed by atoms with Gasteiger partial charge in [-0.3, -0.25) is 10.1 Å². The Morgan fingerprint density at radius 3 is 2.15 bits per heavy atom. The molecule has 0 aromatic heterocycles. The lowest BCUT2D eigenvalue weighted by Crippen LogP contribution is -2.56. The van der Waals surface area contributed by atoms with Gasteiger partial charge < -0.3 is 19.4 Å². The van der Waals surface area contributed by atoms with Gasteiger partial charge in [-0.1, -0.05) is 12.7 Å². The molecule has 0 saturated carbocycles. The number of ether oxygens (including phenoxy) is 2. The Bertz CT molecular complexity index is 1330. The van der Waals surface area contributed by atoms with Crippen molar-refractivity contribution in [1.82, 2.24) is 10.6 Å². The SMILES string of the molecule is C=CCOC(=O)C1=C(C)NC2=[N+]3[C@@H]1CC[C@@H]3C(C(=O)OCC)=C(c1ccc([N+](=O)[O-])cc1)N2.O=C([O-])C(F)(F)F. The lowest BCUT2D eigenvalue weighted by Gasteiger charge is -2.32. The van der Waals surface area contributed by atoms with Crippen molar-refractivity contribution in [3.63, 3.8) is 0 Å². The first-order valence-electron chi connectivity index (χ1n) is 11.9. The lowest BCUT2D eigenvalue weighted by atomic mass is 9.97. The average Bonchev–Trinajstić information content (AvgIpc) is 3.32. The number of carboxylic acid groups (broad SMARTS) is 1. The molecule has 3 aliphatic rings. The highest BCUT2D eigenvalue weighted by atomic mass is 19.4. The van der Waals surface area contributed by atoms with E-state index in [1.807, 2.05) is 4.58 Å². The number of rotatable bonds is 7. The molecule has 40 heavy (non-hydrogen) atoms. The monoisotopic (exact) mass is 566 g/mol. The first-order valence-corrected chi connectivity index (χ1v) is 11.9. The fraction of sp³-hybridized carbons (Fsp3) is 0.360. The van der Waals surface area contributed by atoms with Gasteiger partial charge in [0, 0.05) is 17.7 Å². The van der Waals surface area contributed by atoms with Gasteiger partial charge in [-0.05, 0) is 38.8 Å². The molecule has 2 N–H and O–H groups in total. The number of esters is 2. The van der Waals surface area contributed by atoms with Crippen molar-refractivity contribution in [2.45, 2.75) is 44.9 Å². The highest BCUT2D eigenvalue weighted by Crippen LogP contribution is 2.38. The van der Waals surface area contributed by atoms with Crippen LogP contribution < -0.4 is 15.7 Å². The van der Waals surface area contributed by atoms with Crippen molar-refractivity contribution in [1.29, 1.82) is 0 Å². The number of alkyl halides is 3. The predicted octanol–water partition coefficient (Wildman–Crippen LogP) is 1.28. The highest BCUT2D eigenvalue weighted by molar-refractivity contribution is 6.04. The number of nitrogens with zero attached hydrogens (tertiary/aromatic N) is 2. The van der Waals surface area contributed by atoms with Gasteiger partial charge in [0.1, 0.15) is 41.5 Å². The van der Waals surface area contributed by atoms with Crippen molar-refractivity contribution in [2.24, 2.45) is 0 Å². The third kappa shape index (κ3) is 6.13. The van der Waals surface area contributed by atoms with E-state index < -0.39 is 29.0 Å². The Balaban J connectivity index is 0.000000559. The summed E-state index contributed by atoms with van der Waals surface area (Å²) in [7, 11) is 0. The van der Waals surface area contributed by atoms with Gasteiger partial charge in [0.05, 0.1) is 17.2 Å². The maximum absolute atomic E-state index is 13.0. The van der Waals surface area contributed by atoms with E-state index in [9.17, 15) is 32.9 Å². The fourth-order valence-corrected chi connectivity index (χ4v) is 4.62. The smallest absolute Gasteiger partial charge is 0.430 e. The molecule has 0 bridgehead atoms. The van der Waals surface area contributed by atoms with Crippen LogP contribution in [-0.4, -0.2) is 64.8 Å².